The number of hydrogen-bond acceptors (Lipinski definition) is 6. The van der Waals surface area contributed by atoms with E-state index in [4.69, 9.17) is 9.84 Å². The van der Waals surface area contributed by atoms with Crippen LogP contribution in [0.4, 0.5) is 0 Å². The highest BCUT2D eigenvalue weighted by Gasteiger charge is 2.75. The minimum Gasteiger partial charge on any atom is -0.466 e. The first-order valence-corrected chi connectivity index (χ1v) is 13.5. The van der Waals surface area contributed by atoms with Crippen molar-refractivity contribution in [2.24, 2.45) is 11.8 Å². The number of amides is 2. The van der Waals surface area contributed by atoms with Crippen LogP contribution < -0.4 is 5.32 Å². The molecule has 180 valence electrons. The number of nitrogens with one attached hydrogen (secondary N) is 1. The molecule has 1 aromatic carbocycles. The smallest absolute Gasteiger partial charge is 0.310 e. The van der Waals surface area contributed by atoms with Crippen LogP contribution in [0.3, 0.4) is 0 Å². The highest BCUT2D eigenvalue weighted by molar-refractivity contribution is 9.09. The quantitative estimate of drug-likeness (QED) is 0.270. The number of esters is 1. The summed E-state index contributed by atoms with van der Waals surface area (Å²) in [5, 5.41) is 12.1. The first-order chi connectivity index (χ1) is 15.9. The number of carbonyl (C=O) groups excluding carboxylic acids is 3. The largest absolute Gasteiger partial charge is 0.466 e. The second-order valence-electron chi connectivity index (χ2n) is 8.93. The molecule has 3 aliphatic rings. The summed E-state index contributed by atoms with van der Waals surface area (Å²) in [5.74, 6) is -1.73. The molecular weight excluding hydrogens is 508 g/mol. The van der Waals surface area contributed by atoms with Crippen molar-refractivity contribution in [2.75, 3.05) is 19.8 Å². The zero-order valence-corrected chi connectivity index (χ0v) is 21.1. The van der Waals surface area contributed by atoms with E-state index in [1.165, 1.54) is 0 Å². The number of likely N-dealkylation sites (tertiary alicyclic amines) is 1. The summed E-state index contributed by atoms with van der Waals surface area (Å²) in [6.45, 7) is 2.96. The molecule has 2 bridgehead atoms. The summed E-state index contributed by atoms with van der Waals surface area (Å²) in [6, 6.07) is 9.05. The summed E-state index contributed by atoms with van der Waals surface area (Å²) in [6.07, 6.45) is 2.79. The number of alkyl halides is 1. The first kappa shape index (κ1) is 24.5. The standard InChI is InChI=1S/C24H31BrN2O5S/c1-2-32-23(31)17-18-22(30)27(11-7-4-8-12-28)20(24(18)13-16(25)19(17)33-24)21(29)26-14-15-9-5-3-6-10-15/h3,5-6,9-10,16-20,28H,2,4,7-8,11-14H2,1H3,(H,26,29)/t16?,17-,18+,19-,20?,24?/m1/s1. The van der Waals surface area contributed by atoms with E-state index in [0.29, 0.717) is 32.4 Å². The lowest BCUT2D eigenvalue weighted by Gasteiger charge is -2.35. The molecule has 2 amide bonds. The molecule has 7 nitrogen and oxygen atoms in total. The van der Waals surface area contributed by atoms with Crippen molar-refractivity contribution in [1.29, 1.82) is 0 Å². The molecule has 3 saturated heterocycles. The maximum Gasteiger partial charge on any atom is 0.310 e. The minimum atomic E-state index is -0.648. The van der Waals surface area contributed by atoms with E-state index in [-0.39, 0.29) is 41.1 Å². The molecule has 1 spiro atoms. The molecule has 1 aromatic rings. The second-order valence-corrected chi connectivity index (χ2v) is 11.7. The van der Waals surface area contributed by atoms with Gasteiger partial charge >= 0.3 is 5.97 Å². The van der Waals surface area contributed by atoms with Crippen LogP contribution in [0.25, 0.3) is 0 Å². The van der Waals surface area contributed by atoms with Gasteiger partial charge in [0.2, 0.25) is 11.8 Å². The Morgan fingerprint density at radius 2 is 2.03 bits per heavy atom. The van der Waals surface area contributed by atoms with Gasteiger partial charge in [-0.05, 0) is 38.2 Å². The van der Waals surface area contributed by atoms with E-state index < -0.39 is 22.6 Å². The van der Waals surface area contributed by atoms with Crippen LogP contribution in [0.2, 0.25) is 0 Å². The Hall–Kier alpha value is -1.58. The van der Waals surface area contributed by atoms with Crippen molar-refractivity contribution in [2.45, 2.75) is 60.0 Å². The monoisotopic (exact) mass is 538 g/mol. The fourth-order valence-electron chi connectivity index (χ4n) is 5.63. The number of thioether (sulfide) groups is 1. The number of fused-ring (bicyclic) bond motifs is 1. The third-order valence-electron chi connectivity index (χ3n) is 6.96. The normalized spacial score (nSPS) is 32.2. The molecule has 0 aromatic heterocycles. The summed E-state index contributed by atoms with van der Waals surface area (Å²) < 4.78 is 4.71. The second kappa shape index (κ2) is 10.4. The zero-order valence-electron chi connectivity index (χ0n) is 18.7. The van der Waals surface area contributed by atoms with Crippen LogP contribution in [-0.4, -0.2) is 68.4 Å². The number of ether oxygens (including phenoxy) is 1. The average Bonchev–Trinajstić information content (AvgIpc) is 3.39. The van der Waals surface area contributed by atoms with Crippen LogP contribution in [0.1, 0.15) is 38.2 Å². The van der Waals surface area contributed by atoms with E-state index in [2.05, 4.69) is 21.2 Å². The van der Waals surface area contributed by atoms with Crippen LogP contribution in [0, 0.1) is 11.8 Å². The number of aliphatic hydroxyl groups is 1. The van der Waals surface area contributed by atoms with Gasteiger partial charge in [-0.25, -0.2) is 0 Å². The Labute approximate surface area is 207 Å². The molecule has 6 atom stereocenters. The van der Waals surface area contributed by atoms with Gasteiger partial charge in [-0.3, -0.25) is 14.4 Å². The molecule has 3 heterocycles. The predicted octanol–water partition coefficient (Wildman–Crippen LogP) is 2.49. The Morgan fingerprint density at radius 1 is 1.27 bits per heavy atom. The van der Waals surface area contributed by atoms with Crippen LogP contribution in [0.5, 0.6) is 0 Å². The number of benzene rings is 1. The Balaban J connectivity index is 1.61. The van der Waals surface area contributed by atoms with Gasteiger partial charge in [0.1, 0.15) is 6.04 Å². The van der Waals surface area contributed by atoms with Gasteiger partial charge in [-0.2, -0.15) is 0 Å². The fourth-order valence-corrected chi connectivity index (χ4v) is 9.23. The number of hydrogen-bond donors (Lipinski definition) is 2. The van der Waals surface area contributed by atoms with Crippen LogP contribution in [0.15, 0.2) is 30.3 Å². The molecule has 2 N–H and O–H groups in total. The maximum atomic E-state index is 13.7. The van der Waals surface area contributed by atoms with E-state index in [1.807, 2.05) is 30.3 Å². The van der Waals surface area contributed by atoms with Crippen molar-refractivity contribution < 1.29 is 24.2 Å². The van der Waals surface area contributed by atoms with Gasteiger partial charge in [0.25, 0.3) is 0 Å². The van der Waals surface area contributed by atoms with E-state index in [1.54, 1.807) is 23.6 Å². The van der Waals surface area contributed by atoms with Gasteiger partial charge in [-0.15, -0.1) is 11.8 Å². The number of halogens is 1. The predicted molar refractivity (Wildman–Crippen MR) is 130 cm³/mol. The van der Waals surface area contributed by atoms with Crippen LogP contribution in [-0.2, 0) is 25.7 Å². The SMILES string of the molecule is CCOC(=O)[C@H]1[C@@H]2SC3(CC2Br)C(C(=O)NCc2ccccc2)N(CCCCCO)C(=O)[C@H]13. The van der Waals surface area contributed by atoms with Gasteiger partial charge in [0.05, 0.1) is 23.2 Å². The molecule has 0 aliphatic carbocycles. The Bertz CT molecular complexity index is 887. The number of rotatable bonds is 10. The molecule has 3 unspecified atom stereocenters. The van der Waals surface area contributed by atoms with Gasteiger partial charge in [-0.1, -0.05) is 46.3 Å². The summed E-state index contributed by atoms with van der Waals surface area (Å²) in [5.41, 5.74) is 0.991. The number of unbranched alkanes of at least 4 members (excludes halogenated alkanes) is 2. The average molecular weight is 539 g/mol. The van der Waals surface area contributed by atoms with E-state index >= 15 is 0 Å². The van der Waals surface area contributed by atoms with Gasteiger partial charge in [0, 0.05) is 29.8 Å². The molecule has 0 saturated carbocycles. The van der Waals surface area contributed by atoms with Crippen molar-refractivity contribution in [3.05, 3.63) is 35.9 Å². The molecule has 0 radical (unpaired) electrons. The van der Waals surface area contributed by atoms with Crippen molar-refractivity contribution in [3.8, 4) is 0 Å². The summed E-state index contributed by atoms with van der Waals surface area (Å²) in [7, 11) is 0. The van der Waals surface area contributed by atoms with Crippen molar-refractivity contribution in [1.82, 2.24) is 10.2 Å². The molecule has 33 heavy (non-hydrogen) atoms. The maximum absolute atomic E-state index is 13.7. The molecular formula is C24H31BrN2O5S. The van der Waals surface area contributed by atoms with E-state index in [9.17, 15) is 14.4 Å². The molecule has 3 aliphatic heterocycles. The highest BCUT2D eigenvalue weighted by atomic mass is 79.9. The first-order valence-electron chi connectivity index (χ1n) is 11.7. The Kier molecular flexibility index (Phi) is 7.70. The molecule has 4 rings (SSSR count). The number of carbonyl (C=O) groups is 3. The summed E-state index contributed by atoms with van der Waals surface area (Å²) in [4.78, 5) is 42.0. The van der Waals surface area contributed by atoms with Crippen molar-refractivity contribution in [3.63, 3.8) is 0 Å². The third-order valence-corrected chi connectivity index (χ3v) is 10.2. The van der Waals surface area contributed by atoms with E-state index in [0.717, 1.165) is 12.0 Å². The Morgan fingerprint density at radius 3 is 2.73 bits per heavy atom. The lowest BCUT2D eigenvalue weighted by atomic mass is 9.71. The van der Waals surface area contributed by atoms with Crippen molar-refractivity contribution >= 4 is 45.5 Å². The highest BCUT2D eigenvalue weighted by Crippen LogP contribution is 2.67. The molecule has 9 heteroatoms. The topological polar surface area (TPSA) is 95.9 Å². The van der Waals surface area contributed by atoms with Gasteiger partial charge < -0.3 is 20.1 Å². The number of aliphatic hydroxyl groups excluding tert-OH is 1. The summed E-state index contributed by atoms with van der Waals surface area (Å²) >= 11 is 5.35. The van der Waals surface area contributed by atoms with Gasteiger partial charge in [0.15, 0.2) is 0 Å². The van der Waals surface area contributed by atoms with Crippen LogP contribution >= 0.6 is 27.7 Å². The molecule has 3 fully saturated rings. The minimum absolute atomic E-state index is 0.0414. The number of nitrogens with zero attached hydrogens (tertiary/aromatic N) is 1. The lowest BCUT2D eigenvalue weighted by molar-refractivity contribution is -0.153. The third kappa shape index (κ3) is 4.44. The lowest BCUT2D eigenvalue weighted by Crippen LogP contribution is -2.54. The fraction of sp³-hybridized carbons (Fsp3) is 0.625. The zero-order chi connectivity index (χ0) is 23.6.